The molecule has 12 nitrogen and oxygen atoms in total. The van der Waals surface area contributed by atoms with Crippen LogP contribution in [0.15, 0.2) is 55.1 Å². The second-order valence-electron chi connectivity index (χ2n) is 13.2. The van der Waals surface area contributed by atoms with Crippen LogP contribution in [-0.2, 0) is 19.0 Å². The molecule has 0 radical (unpaired) electrons. The van der Waals surface area contributed by atoms with Gasteiger partial charge in [0, 0.05) is 48.9 Å². The first kappa shape index (κ1) is 37.2. The van der Waals surface area contributed by atoms with Crippen molar-refractivity contribution < 1.29 is 43.2 Å². The Hall–Kier alpha value is -4.52. The van der Waals surface area contributed by atoms with Crippen molar-refractivity contribution in [1.82, 2.24) is 5.32 Å². The minimum Gasteiger partial charge on any atom is -0.507 e. The molecular formula is C39H46ClN3O9. The number of ether oxygens (including phenoxy) is 5. The first-order valence-corrected chi connectivity index (χ1v) is 18.4. The van der Waals surface area contributed by atoms with Crippen LogP contribution in [0.25, 0.3) is 10.8 Å². The molecule has 3 aromatic carbocycles. The van der Waals surface area contributed by atoms with E-state index in [-0.39, 0.29) is 35.4 Å². The van der Waals surface area contributed by atoms with Gasteiger partial charge in [-0.05, 0) is 62.5 Å². The monoisotopic (exact) mass is 735 g/mol. The molecule has 3 aromatic rings. The van der Waals surface area contributed by atoms with Crippen LogP contribution in [-0.4, -0.2) is 80.9 Å². The van der Waals surface area contributed by atoms with Crippen LogP contribution in [0.3, 0.4) is 0 Å². The fourth-order valence-corrected chi connectivity index (χ4v) is 7.39. The number of anilines is 2. The molecule has 13 heteroatoms. The van der Waals surface area contributed by atoms with Crippen molar-refractivity contribution in [3.63, 3.8) is 0 Å². The lowest BCUT2D eigenvalue weighted by molar-refractivity contribution is -0.190. The Balaban J connectivity index is 1.12. The predicted octanol–water partition coefficient (Wildman–Crippen LogP) is 6.99. The second-order valence-corrected chi connectivity index (χ2v) is 13.5. The van der Waals surface area contributed by atoms with Gasteiger partial charge in [-0.1, -0.05) is 36.9 Å². The van der Waals surface area contributed by atoms with Gasteiger partial charge in [0.05, 0.1) is 36.7 Å². The molecule has 0 aromatic heterocycles. The summed E-state index contributed by atoms with van der Waals surface area (Å²) in [6.45, 7) is 6.68. The number of nitrogens with one attached hydrogen (secondary N) is 1. The maximum atomic E-state index is 13.6. The summed E-state index contributed by atoms with van der Waals surface area (Å²) in [5.74, 6) is 0.714. The number of rotatable bonds is 13. The molecule has 0 saturated carbocycles. The molecule has 3 aliphatic heterocycles. The highest BCUT2D eigenvalue weighted by Crippen LogP contribution is 2.45. The highest BCUT2D eigenvalue weighted by Gasteiger charge is 2.41. The number of hydrogen-bond acceptors (Lipinski definition) is 9. The van der Waals surface area contributed by atoms with E-state index in [4.69, 9.17) is 35.3 Å². The molecule has 0 aliphatic carbocycles. The van der Waals surface area contributed by atoms with E-state index in [1.807, 2.05) is 24.3 Å². The predicted molar refractivity (Wildman–Crippen MR) is 198 cm³/mol. The molecule has 52 heavy (non-hydrogen) atoms. The van der Waals surface area contributed by atoms with Crippen molar-refractivity contribution in [1.29, 1.82) is 0 Å². The second kappa shape index (κ2) is 16.9. The van der Waals surface area contributed by atoms with Gasteiger partial charge in [-0.3, -0.25) is 9.59 Å². The molecule has 0 bridgehead atoms. The largest absolute Gasteiger partial charge is 0.507 e. The first-order chi connectivity index (χ1) is 25.2. The van der Waals surface area contributed by atoms with Crippen LogP contribution in [0, 0.1) is 0 Å². The average Bonchev–Trinajstić information content (AvgIpc) is 3.49. The number of alkyl halides is 1. The van der Waals surface area contributed by atoms with Gasteiger partial charge in [-0.2, -0.15) is 0 Å². The summed E-state index contributed by atoms with van der Waals surface area (Å²) in [4.78, 5) is 43.5. The summed E-state index contributed by atoms with van der Waals surface area (Å²) >= 11 is 6.35. The number of unbranched alkanes of at least 4 members (excludes halogenated alkanes) is 2. The van der Waals surface area contributed by atoms with E-state index in [1.165, 1.54) is 18.1 Å². The zero-order valence-electron chi connectivity index (χ0n) is 29.6. The third kappa shape index (κ3) is 7.79. The minimum absolute atomic E-state index is 0.0214. The standard InChI is InChI=1S/C39H46ClN3O9/c1-4-16-51-39(47)43-29-21-33(32(48-3)19-28(29)37(46)41-24(2)38(43)52-35-15-9-11-18-50-35)49-17-10-5-6-14-34(45)42-23-25(22-40)36-27-13-8-7-12-26(27)31(44)20-30(36)42/h4,7-8,12-13,19-21,24-25,35,38,44H,1,5-6,9-11,14-18,22-23H2,2-3H3,(H,41,46)/t24-,25+,35?,38-/m0/s1. The molecule has 4 atom stereocenters. The van der Waals surface area contributed by atoms with Gasteiger partial charge in [-0.15, -0.1) is 11.6 Å². The van der Waals surface area contributed by atoms with Gasteiger partial charge in [0.15, 0.2) is 24.0 Å². The first-order valence-electron chi connectivity index (χ1n) is 17.9. The van der Waals surface area contributed by atoms with Gasteiger partial charge in [0.25, 0.3) is 5.91 Å². The highest BCUT2D eigenvalue weighted by atomic mass is 35.5. The maximum absolute atomic E-state index is 13.6. The highest BCUT2D eigenvalue weighted by molar-refractivity contribution is 6.19. The van der Waals surface area contributed by atoms with Crippen molar-refractivity contribution in [2.45, 2.75) is 76.3 Å². The van der Waals surface area contributed by atoms with Gasteiger partial charge >= 0.3 is 6.09 Å². The number of nitrogens with zero attached hydrogens (tertiary/aromatic N) is 2. The number of amides is 3. The van der Waals surface area contributed by atoms with E-state index in [9.17, 15) is 19.5 Å². The number of methoxy groups -OCH3 is 1. The minimum atomic E-state index is -0.936. The Kier molecular flexibility index (Phi) is 12.1. The van der Waals surface area contributed by atoms with E-state index in [2.05, 4.69) is 11.9 Å². The molecule has 1 fully saturated rings. The number of benzene rings is 3. The van der Waals surface area contributed by atoms with Crippen molar-refractivity contribution in [3.05, 3.63) is 66.2 Å². The smallest absolute Gasteiger partial charge is 0.416 e. The number of hydrogen-bond donors (Lipinski definition) is 2. The van der Waals surface area contributed by atoms with Gasteiger partial charge < -0.3 is 39.0 Å². The molecule has 3 heterocycles. The number of carbonyl (C=O) groups excluding carboxylic acids is 3. The third-order valence-corrected chi connectivity index (χ3v) is 10.1. The maximum Gasteiger partial charge on any atom is 0.416 e. The van der Waals surface area contributed by atoms with E-state index in [0.29, 0.717) is 69.2 Å². The number of aromatic hydroxyl groups is 1. The van der Waals surface area contributed by atoms with E-state index >= 15 is 0 Å². The Morgan fingerprint density at radius 1 is 1.10 bits per heavy atom. The Labute approximate surface area is 308 Å². The molecule has 6 rings (SSSR count). The van der Waals surface area contributed by atoms with E-state index in [0.717, 1.165) is 34.9 Å². The summed E-state index contributed by atoms with van der Waals surface area (Å²) in [6.07, 6.45) is 4.05. The lowest BCUT2D eigenvalue weighted by atomic mass is 9.95. The van der Waals surface area contributed by atoms with Crippen LogP contribution in [0.4, 0.5) is 16.2 Å². The van der Waals surface area contributed by atoms with Crippen LogP contribution < -0.4 is 24.6 Å². The zero-order chi connectivity index (χ0) is 36.8. The fourth-order valence-electron chi connectivity index (χ4n) is 7.13. The van der Waals surface area contributed by atoms with E-state index < -0.39 is 30.6 Å². The summed E-state index contributed by atoms with van der Waals surface area (Å²) in [5.41, 5.74) is 2.16. The van der Waals surface area contributed by atoms with Crippen LogP contribution in [0.5, 0.6) is 17.2 Å². The topological polar surface area (TPSA) is 136 Å². The molecule has 3 aliphatic rings. The Morgan fingerprint density at radius 3 is 2.63 bits per heavy atom. The van der Waals surface area contributed by atoms with Crippen molar-refractivity contribution in [2.24, 2.45) is 0 Å². The number of fused-ring (bicyclic) bond motifs is 4. The average molecular weight is 736 g/mol. The molecular weight excluding hydrogens is 690 g/mol. The Morgan fingerprint density at radius 2 is 1.90 bits per heavy atom. The SMILES string of the molecule is C=CCOC(=O)N1c2cc(OCCCCCC(=O)N3C[C@@H](CCl)c4c3cc(O)c3ccccc43)c(OC)cc2C(=O)N[C@@H](C)[C@@H]1OC1CCCCO1. The Bertz CT molecular complexity index is 1800. The quantitative estimate of drug-likeness (QED) is 0.108. The number of carbonyl (C=O) groups is 3. The molecule has 0 spiro atoms. The normalized spacial score (nSPS) is 21.2. The van der Waals surface area contributed by atoms with Crippen molar-refractivity contribution in [2.75, 3.05) is 49.2 Å². The molecule has 2 N–H and O–H groups in total. The lowest BCUT2D eigenvalue weighted by Crippen LogP contribution is -2.53. The number of halogens is 1. The van der Waals surface area contributed by atoms with Gasteiger partial charge in [-0.25, -0.2) is 9.69 Å². The van der Waals surface area contributed by atoms with E-state index in [1.54, 1.807) is 30.0 Å². The van der Waals surface area contributed by atoms with Gasteiger partial charge in [0.2, 0.25) is 5.91 Å². The molecule has 1 saturated heterocycles. The van der Waals surface area contributed by atoms with Crippen molar-refractivity contribution in [3.8, 4) is 17.2 Å². The van der Waals surface area contributed by atoms with Crippen LogP contribution in [0.2, 0.25) is 0 Å². The van der Waals surface area contributed by atoms with Crippen LogP contribution >= 0.6 is 11.6 Å². The number of phenols is 1. The van der Waals surface area contributed by atoms with Crippen molar-refractivity contribution >= 4 is 51.7 Å². The fraction of sp³-hybridized carbons (Fsp3) is 0.462. The lowest BCUT2D eigenvalue weighted by Gasteiger charge is -2.36. The summed E-state index contributed by atoms with van der Waals surface area (Å²) < 4.78 is 29.4. The zero-order valence-corrected chi connectivity index (χ0v) is 30.4. The summed E-state index contributed by atoms with van der Waals surface area (Å²) in [7, 11) is 1.48. The third-order valence-electron chi connectivity index (χ3n) is 9.70. The molecule has 1 unspecified atom stereocenters. The van der Waals surface area contributed by atoms with Gasteiger partial charge in [0.1, 0.15) is 12.4 Å². The molecule has 3 amide bonds. The molecule has 278 valence electrons. The summed E-state index contributed by atoms with van der Waals surface area (Å²) in [6, 6.07) is 11.8. The number of phenolic OH excluding ortho intramolecular Hbond substituents is 1. The van der Waals surface area contributed by atoms with Crippen LogP contribution in [0.1, 0.15) is 73.7 Å². The summed E-state index contributed by atoms with van der Waals surface area (Å²) in [5, 5.41) is 15.3.